The number of thioether (sulfide) groups is 1. The first-order valence-corrected chi connectivity index (χ1v) is 9.99. The predicted octanol–water partition coefficient (Wildman–Crippen LogP) is 6.43. The van der Waals surface area contributed by atoms with Crippen LogP contribution in [0.4, 0.5) is 0 Å². The lowest BCUT2D eigenvalue weighted by molar-refractivity contribution is 0.575. The van der Waals surface area contributed by atoms with Crippen LogP contribution < -0.4 is 0 Å². The summed E-state index contributed by atoms with van der Waals surface area (Å²) in [5, 5.41) is 10.8. The molecule has 27 heavy (non-hydrogen) atoms. The van der Waals surface area contributed by atoms with Crippen LogP contribution in [0.25, 0.3) is 17.3 Å². The molecule has 4 nitrogen and oxygen atoms in total. The second kappa shape index (κ2) is 7.80. The summed E-state index contributed by atoms with van der Waals surface area (Å²) in [7, 11) is 0. The van der Waals surface area contributed by atoms with Crippen molar-refractivity contribution >= 4 is 35.0 Å². The van der Waals surface area contributed by atoms with Crippen LogP contribution in [-0.4, -0.2) is 14.8 Å². The third kappa shape index (κ3) is 3.90. The maximum atomic E-state index is 6.30. The monoisotopic (exact) mass is 415 g/mol. The van der Waals surface area contributed by atoms with Crippen LogP contribution in [-0.2, 0) is 5.75 Å². The number of aromatic nitrogens is 3. The average Bonchev–Trinajstić information content (AvgIpc) is 3.30. The van der Waals surface area contributed by atoms with Crippen LogP contribution in [0.3, 0.4) is 0 Å². The summed E-state index contributed by atoms with van der Waals surface area (Å²) >= 11 is 13.8. The lowest BCUT2D eigenvalue weighted by Crippen LogP contribution is -2.00. The Morgan fingerprint density at radius 3 is 2.67 bits per heavy atom. The fourth-order valence-electron chi connectivity index (χ4n) is 2.71. The SMILES string of the molecule is Cc1cccc(-n2c(SCc3ccc(Cl)cc3Cl)nnc2-c2ccco2)c1. The number of aryl methyl sites for hydroxylation is 1. The highest BCUT2D eigenvalue weighted by atomic mass is 35.5. The molecule has 0 aliphatic rings. The molecule has 2 aromatic carbocycles. The molecule has 0 spiro atoms. The van der Waals surface area contributed by atoms with Gasteiger partial charge in [0.05, 0.1) is 12.0 Å². The van der Waals surface area contributed by atoms with E-state index in [4.69, 9.17) is 27.6 Å². The van der Waals surface area contributed by atoms with Crippen LogP contribution in [0.1, 0.15) is 11.1 Å². The van der Waals surface area contributed by atoms with E-state index in [1.807, 2.05) is 41.0 Å². The third-order valence-corrected chi connectivity index (χ3v) is 5.57. The summed E-state index contributed by atoms with van der Waals surface area (Å²) in [5.74, 6) is 1.98. The van der Waals surface area contributed by atoms with Crippen molar-refractivity contribution in [2.75, 3.05) is 0 Å². The van der Waals surface area contributed by atoms with Crippen molar-refractivity contribution in [3.8, 4) is 17.3 Å². The maximum absolute atomic E-state index is 6.30. The summed E-state index contributed by atoms with van der Waals surface area (Å²) in [4.78, 5) is 0. The predicted molar refractivity (Wildman–Crippen MR) is 110 cm³/mol. The van der Waals surface area contributed by atoms with Crippen LogP contribution in [0, 0.1) is 6.92 Å². The Labute approximate surface area is 171 Å². The minimum Gasteiger partial charge on any atom is -0.461 e. The summed E-state index contributed by atoms with van der Waals surface area (Å²) in [5.41, 5.74) is 3.13. The number of hydrogen-bond acceptors (Lipinski definition) is 4. The van der Waals surface area contributed by atoms with Gasteiger partial charge in [-0.2, -0.15) is 0 Å². The standard InChI is InChI=1S/C20H15Cl2N3OS/c1-13-4-2-5-16(10-13)25-19(18-6-3-9-26-18)23-24-20(25)27-12-14-7-8-15(21)11-17(14)22/h2-11H,12H2,1H3. The van der Waals surface area contributed by atoms with E-state index in [9.17, 15) is 0 Å². The Morgan fingerprint density at radius 1 is 1.04 bits per heavy atom. The molecular formula is C20H15Cl2N3OS. The van der Waals surface area contributed by atoms with Crippen molar-refractivity contribution in [3.63, 3.8) is 0 Å². The minimum absolute atomic E-state index is 0.622. The zero-order valence-corrected chi connectivity index (χ0v) is 16.7. The molecular weight excluding hydrogens is 401 g/mol. The third-order valence-electron chi connectivity index (χ3n) is 4.01. The molecule has 0 fully saturated rings. The van der Waals surface area contributed by atoms with Crippen LogP contribution >= 0.6 is 35.0 Å². The molecule has 4 aromatic rings. The molecule has 0 aliphatic heterocycles. The first kappa shape index (κ1) is 18.2. The Bertz CT molecular complexity index is 1080. The van der Waals surface area contributed by atoms with Gasteiger partial charge in [0.15, 0.2) is 10.9 Å². The molecule has 136 valence electrons. The van der Waals surface area contributed by atoms with Crippen LogP contribution in [0.5, 0.6) is 0 Å². The lowest BCUT2D eigenvalue weighted by atomic mass is 10.2. The topological polar surface area (TPSA) is 43.9 Å². The van der Waals surface area contributed by atoms with Gasteiger partial charge in [0.25, 0.3) is 0 Å². The Balaban J connectivity index is 1.72. The van der Waals surface area contributed by atoms with Gasteiger partial charge in [-0.1, -0.05) is 53.2 Å². The van der Waals surface area contributed by atoms with E-state index in [2.05, 4.69) is 29.3 Å². The van der Waals surface area contributed by atoms with Crippen molar-refractivity contribution in [3.05, 3.63) is 82.0 Å². The van der Waals surface area contributed by atoms with Gasteiger partial charge < -0.3 is 4.42 Å². The van der Waals surface area contributed by atoms with E-state index in [0.717, 1.165) is 22.0 Å². The Hall–Kier alpha value is -2.21. The summed E-state index contributed by atoms with van der Waals surface area (Å²) in [6.07, 6.45) is 1.63. The second-order valence-corrected chi connectivity index (χ2v) is 7.77. The normalized spacial score (nSPS) is 11.1. The van der Waals surface area contributed by atoms with Gasteiger partial charge in [-0.15, -0.1) is 10.2 Å². The molecule has 0 radical (unpaired) electrons. The first-order valence-electron chi connectivity index (χ1n) is 8.25. The molecule has 0 unspecified atom stereocenters. The zero-order valence-electron chi connectivity index (χ0n) is 14.4. The van der Waals surface area contributed by atoms with E-state index in [1.165, 1.54) is 0 Å². The van der Waals surface area contributed by atoms with Crippen molar-refractivity contribution in [1.82, 2.24) is 14.8 Å². The van der Waals surface area contributed by atoms with Gasteiger partial charge in [0.1, 0.15) is 0 Å². The molecule has 0 N–H and O–H groups in total. The fourth-order valence-corrected chi connectivity index (χ4v) is 4.22. The van der Waals surface area contributed by atoms with Crippen molar-refractivity contribution in [2.24, 2.45) is 0 Å². The van der Waals surface area contributed by atoms with E-state index in [0.29, 0.717) is 27.4 Å². The summed E-state index contributed by atoms with van der Waals surface area (Å²) in [6, 6.07) is 17.4. The molecule has 0 amide bonds. The largest absolute Gasteiger partial charge is 0.461 e. The zero-order chi connectivity index (χ0) is 18.8. The fraction of sp³-hybridized carbons (Fsp3) is 0.100. The van der Waals surface area contributed by atoms with Gasteiger partial charge in [0.2, 0.25) is 5.82 Å². The van der Waals surface area contributed by atoms with Crippen molar-refractivity contribution < 1.29 is 4.42 Å². The van der Waals surface area contributed by atoms with E-state index in [1.54, 1.807) is 24.1 Å². The Kier molecular flexibility index (Phi) is 5.25. The number of furan rings is 1. The van der Waals surface area contributed by atoms with Crippen molar-refractivity contribution in [1.29, 1.82) is 0 Å². The van der Waals surface area contributed by atoms with Gasteiger partial charge in [-0.3, -0.25) is 4.57 Å². The van der Waals surface area contributed by atoms with Crippen molar-refractivity contribution in [2.45, 2.75) is 17.8 Å². The molecule has 4 rings (SSSR count). The molecule has 0 saturated heterocycles. The van der Waals surface area contributed by atoms with Gasteiger partial charge in [0, 0.05) is 15.8 Å². The smallest absolute Gasteiger partial charge is 0.205 e. The summed E-state index contributed by atoms with van der Waals surface area (Å²) < 4.78 is 7.55. The first-order chi connectivity index (χ1) is 13.1. The van der Waals surface area contributed by atoms with Gasteiger partial charge in [-0.05, 0) is 54.4 Å². The minimum atomic E-state index is 0.622. The van der Waals surface area contributed by atoms with E-state index >= 15 is 0 Å². The highest BCUT2D eigenvalue weighted by molar-refractivity contribution is 7.98. The molecule has 2 heterocycles. The second-order valence-electron chi connectivity index (χ2n) is 5.98. The maximum Gasteiger partial charge on any atom is 0.205 e. The number of rotatable bonds is 5. The molecule has 0 aliphatic carbocycles. The summed E-state index contributed by atoms with van der Waals surface area (Å²) in [6.45, 7) is 2.06. The number of halogens is 2. The Morgan fingerprint density at radius 2 is 1.93 bits per heavy atom. The van der Waals surface area contributed by atoms with E-state index in [-0.39, 0.29) is 0 Å². The lowest BCUT2D eigenvalue weighted by Gasteiger charge is -2.10. The quantitative estimate of drug-likeness (QED) is 0.352. The molecule has 7 heteroatoms. The highest BCUT2D eigenvalue weighted by Gasteiger charge is 2.18. The number of benzene rings is 2. The average molecular weight is 416 g/mol. The highest BCUT2D eigenvalue weighted by Crippen LogP contribution is 2.32. The van der Waals surface area contributed by atoms with E-state index < -0.39 is 0 Å². The van der Waals surface area contributed by atoms with Gasteiger partial charge in [-0.25, -0.2) is 0 Å². The number of nitrogens with zero attached hydrogens (tertiary/aromatic N) is 3. The van der Waals surface area contributed by atoms with Crippen LogP contribution in [0.15, 0.2) is 70.4 Å². The molecule has 0 atom stereocenters. The molecule has 0 bridgehead atoms. The molecule has 0 saturated carbocycles. The molecule has 2 aromatic heterocycles. The number of hydrogen-bond donors (Lipinski definition) is 0. The van der Waals surface area contributed by atoms with Gasteiger partial charge >= 0.3 is 0 Å². The van der Waals surface area contributed by atoms with Crippen LogP contribution in [0.2, 0.25) is 10.0 Å².